The minimum atomic E-state index is -0.895. The van der Waals surface area contributed by atoms with Gasteiger partial charge < -0.3 is 20.1 Å². The number of amides is 2. The molecule has 2 N–H and O–H groups in total. The molecule has 1 unspecified atom stereocenters. The molecule has 0 aliphatic carbocycles. The lowest BCUT2D eigenvalue weighted by atomic mass is 9.89. The van der Waals surface area contributed by atoms with Crippen LogP contribution in [0.5, 0.6) is 5.75 Å². The van der Waals surface area contributed by atoms with Gasteiger partial charge in [-0.05, 0) is 38.0 Å². The van der Waals surface area contributed by atoms with E-state index in [1.807, 2.05) is 24.3 Å². The second-order valence-corrected chi connectivity index (χ2v) is 7.25. The normalized spacial score (nSPS) is 17.3. The van der Waals surface area contributed by atoms with Crippen LogP contribution in [-0.4, -0.2) is 48.0 Å². The van der Waals surface area contributed by atoms with Crippen LogP contribution < -0.4 is 10.1 Å². The lowest BCUT2D eigenvalue weighted by Crippen LogP contribution is -2.36. The van der Waals surface area contributed by atoms with Crippen LogP contribution in [0.2, 0.25) is 0 Å². The number of nitrogens with one attached hydrogen (secondary N) is 1. The molecule has 1 aromatic rings. The number of carbonyl (C=O) groups is 3. The van der Waals surface area contributed by atoms with E-state index in [9.17, 15) is 14.4 Å². The Bertz CT molecular complexity index is 669. The number of hydrogen-bond donors (Lipinski definition) is 2. The van der Waals surface area contributed by atoms with Gasteiger partial charge in [-0.15, -0.1) is 0 Å². The lowest BCUT2D eigenvalue weighted by molar-refractivity contribution is -0.147. The van der Waals surface area contributed by atoms with Gasteiger partial charge in [0.2, 0.25) is 11.8 Å². The minimum absolute atomic E-state index is 0.0492. The first kappa shape index (κ1) is 19.8. The summed E-state index contributed by atoms with van der Waals surface area (Å²) in [7, 11) is 1.60. The van der Waals surface area contributed by atoms with E-state index in [2.05, 4.69) is 5.32 Å². The van der Waals surface area contributed by atoms with Crippen molar-refractivity contribution in [1.82, 2.24) is 10.2 Å². The molecule has 0 saturated carbocycles. The Morgan fingerprint density at radius 1 is 1.31 bits per heavy atom. The van der Waals surface area contributed by atoms with Crippen LogP contribution >= 0.6 is 0 Å². The predicted octanol–water partition coefficient (Wildman–Crippen LogP) is 1.66. The summed E-state index contributed by atoms with van der Waals surface area (Å²) in [5.74, 6) is -0.784. The summed E-state index contributed by atoms with van der Waals surface area (Å²) in [5, 5.41) is 11.8. The number of ether oxygens (including phenoxy) is 1. The molecule has 1 fully saturated rings. The van der Waals surface area contributed by atoms with Crippen molar-refractivity contribution < 1.29 is 24.2 Å². The SMILES string of the molecule is COc1ccc(CN2CC(C(=O)NCCC(C)(C)C(=O)O)CC2=O)cc1. The number of rotatable bonds is 8. The molecule has 142 valence electrons. The van der Waals surface area contributed by atoms with Gasteiger partial charge in [-0.1, -0.05) is 12.1 Å². The molecule has 7 nitrogen and oxygen atoms in total. The van der Waals surface area contributed by atoms with E-state index in [4.69, 9.17) is 9.84 Å². The smallest absolute Gasteiger partial charge is 0.309 e. The molecular formula is C19H26N2O5. The highest BCUT2D eigenvalue weighted by molar-refractivity contribution is 5.89. The standard InChI is InChI=1S/C19H26N2O5/c1-19(2,18(24)25)8-9-20-17(23)14-10-16(22)21(12-14)11-13-4-6-15(26-3)7-5-13/h4-7,14H,8-12H2,1-3H3,(H,20,23)(H,24,25). The van der Waals surface area contributed by atoms with Gasteiger partial charge in [0.1, 0.15) is 5.75 Å². The van der Waals surface area contributed by atoms with Gasteiger partial charge in [0, 0.05) is 26.1 Å². The van der Waals surface area contributed by atoms with E-state index >= 15 is 0 Å². The summed E-state index contributed by atoms with van der Waals surface area (Å²) < 4.78 is 5.11. The Kier molecular flexibility index (Phi) is 6.23. The second-order valence-electron chi connectivity index (χ2n) is 7.25. The molecule has 0 radical (unpaired) electrons. The van der Waals surface area contributed by atoms with Gasteiger partial charge in [-0.3, -0.25) is 14.4 Å². The zero-order chi connectivity index (χ0) is 19.3. The van der Waals surface area contributed by atoms with E-state index in [-0.39, 0.29) is 24.8 Å². The number of carboxylic acids is 1. The average molecular weight is 362 g/mol. The number of likely N-dealkylation sites (tertiary alicyclic amines) is 1. The first-order valence-electron chi connectivity index (χ1n) is 8.65. The number of aliphatic carboxylic acids is 1. The van der Waals surface area contributed by atoms with Crippen LogP contribution in [0.25, 0.3) is 0 Å². The maximum absolute atomic E-state index is 12.3. The van der Waals surface area contributed by atoms with Gasteiger partial charge in [0.15, 0.2) is 0 Å². The van der Waals surface area contributed by atoms with Crippen molar-refractivity contribution in [3.05, 3.63) is 29.8 Å². The zero-order valence-electron chi connectivity index (χ0n) is 15.4. The fourth-order valence-electron chi connectivity index (χ4n) is 2.80. The maximum atomic E-state index is 12.3. The Morgan fingerprint density at radius 3 is 2.54 bits per heavy atom. The largest absolute Gasteiger partial charge is 0.497 e. The molecule has 1 heterocycles. The molecule has 1 aromatic carbocycles. The third kappa shape index (κ3) is 4.97. The Hall–Kier alpha value is -2.57. The van der Waals surface area contributed by atoms with Gasteiger partial charge in [0.25, 0.3) is 0 Å². The second kappa shape index (κ2) is 8.21. The minimum Gasteiger partial charge on any atom is -0.497 e. The van der Waals surface area contributed by atoms with E-state index < -0.39 is 17.3 Å². The molecule has 0 aromatic heterocycles. The molecule has 7 heteroatoms. The topological polar surface area (TPSA) is 95.9 Å². The van der Waals surface area contributed by atoms with Crippen molar-refractivity contribution in [1.29, 1.82) is 0 Å². The first-order chi connectivity index (χ1) is 12.2. The molecular weight excluding hydrogens is 336 g/mol. The van der Waals surface area contributed by atoms with Crippen LogP contribution in [0.1, 0.15) is 32.3 Å². The number of carboxylic acid groups (broad SMARTS) is 1. The van der Waals surface area contributed by atoms with Gasteiger partial charge in [-0.25, -0.2) is 0 Å². The number of nitrogens with zero attached hydrogens (tertiary/aromatic N) is 1. The summed E-state index contributed by atoms with van der Waals surface area (Å²) >= 11 is 0. The van der Waals surface area contributed by atoms with E-state index in [0.29, 0.717) is 19.5 Å². The van der Waals surface area contributed by atoms with Crippen LogP contribution in [0.3, 0.4) is 0 Å². The summed E-state index contributed by atoms with van der Waals surface area (Å²) in [6, 6.07) is 7.47. The summed E-state index contributed by atoms with van der Waals surface area (Å²) in [6.07, 6.45) is 0.522. The predicted molar refractivity (Wildman–Crippen MR) is 95.6 cm³/mol. The summed E-state index contributed by atoms with van der Waals surface area (Å²) in [6.45, 7) is 4.35. The zero-order valence-corrected chi connectivity index (χ0v) is 15.4. The number of benzene rings is 1. The molecule has 1 aliphatic heterocycles. The van der Waals surface area contributed by atoms with E-state index in [0.717, 1.165) is 11.3 Å². The van der Waals surface area contributed by atoms with Crippen molar-refractivity contribution in [2.75, 3.05) is 20.2 Å². The Labute approximate surface area is 153 Å². The quantitative estimate of drug-likeness (QED) is 0.733. The third-order valence-electron chi connectivity index (χ3n) is 4.75. The number of hydrogen-bond acceptors (Lipinski definition) is 4. The van der Waals surface area contributed by atoms with Crippen molar-refractivity contribution in [2.24, 2.45) is 11.3 Å². The highest BCUT2D eigenvalue weighted by atomic mass is 16.5. The van der Waals surface area contributed by atoms with Gasteiger partial charge in [0.05, 0.1) is 18.4 Å². The highest BCUT2D eigenvalue weighted by Gasteiger charge is 2.34. The lowest BCUT2D eigenvalue weighted by Gasteiger charge is -2.20. The van der Waals surface area contributed by atoms with E-state index in [1.54, 1.807) is 25.9 Å². The molecule has 0 bridgehead atoms. The summed E-state index contributed by atoms with van der Waals surface area (Å²) in [5.41, 5.74) is 0.0857. The monoisotopic (exact) mass is 362 g/mol. The Balaban J connectivity index is 1.84. The van der Waals surface area contributed by atoms with Crippen LogP contribution in [-0.2, 0) is 20.9 Å². The van der Waals surface area contributed by atoms with Gasteiger partial charge in [-0.2, -0.15) is 0 Å². The van der Waals surface area contributed by atoms with Crippen LogP contribution in [0, 0.1) is 11.3 Å². The number of carbonyl (C=O) groups excluding carboxylic acids is 2. The molecule has 1 atom stereocenters. The average Bonchev–Trinajstić information content (AvgIpc) is 2.96. The fraction of sp³-hybridized carbons (Fsp3) is 0.526. The molecule has 2 rings (SSSR count). The van der Waals surface area contributed by atoms with Crippen LogP contribution in [0.15, 0.2) is 24.3 Å². The molecule has 1 aliphatic rings. The summed E-state index contributed by atoms with van der Waals surface area (Å²) in [4.78, 5) is 37.2. The van der Waals surface area contributed by atoms with Crippen molar-refractivity contribution in [2.45, 2.75) is 33.2 Å². The van der Waals surface area contributed by atoms with E-state index in [1.165, 1.54) is 0 Å². The van der Waals surface area contributed by atoms with Crippen molar-refractivity contribution in [3.8, 4) is 5.75 Å². The first-order valence-corrected chi connectivity index (χ1v) is 8.65. The molecule has 1 saturated heterocycles. The van der Waals surface area contributed by atoms with Crippen LogP contribution in [0.4, 0.5) is 0 Å². The van der Waals surface area contributed by atoms with Crippen molar-refractivity contribution >= 4 is 17.8 Å². The van der Waals surface area contributed by atoms with Crippen molar-refractivity contribution in [3.63, 3.8) is 0 Å². The Morgan fingerprint density at radius 2 is 1.96 bits per heavy atom. The molecule has 0 spiro atoms. The molecule has 2 amide bonds. The third-order valence-corrected chi connectivity index (χ3v) is 4.75. The maximum Gasteiger partial charge on any atom is 0.309 e. The fourth-order valence-corrected chi connectivity index (χ4v) is 2.80. The molecule has 26 heavy (non-hydrogen) atoms. The number of methoxy groups -OCH3 is 1. The highest BCUT2D eigenvalue weighted by Crippen LogP contribution is 2.22. The van der Waals surface area contributed by atoms with Gasteiger partial charge >= 0.3 is 5.97 Å².